The van der Waals surface area contributed by atoms with Gasteiger partial charge in [-0.05, 0) is 43.2 Å². The quantitative estimate of drug-likeness (QED) is 0.875. The predicted octanol–water partition coefficient (Wildman–Crippen LogP) is 4.05. The molecule has 2 aromatic rings. The van der Waals surface area contributed by atoms with Crippen LogP contribution in [0.4, 0.5) is 5.69 Å². The molecule has 2 aromatic carbocycles. The Balaban J connectivity index is 2.00. The van der Waals surface area contributed by atoms with E-state index < -0.39 is 0 Å². The summed E-state index contributed by atoms with van der Waals surface area (Å²) >= 11 is 0. The maximum Gasteiger partial charge on any atom is 0.262 e. The summed E-state index contributed by atoms with van der Waals surface area (Å²) in [5, 5.41) is 2.83. The monoisotopic (exact) mass is 311 g/mol. The van der Waals surface area contributed by atoms with Crippen molar-refractivity contribution in [1.82, 2.24) is 0 Å². The lowest BCUT2D eigenvalue weighted by atomic mass is 10.2. The van der Waals surface area contributed by atoms with Gasteiger partial charge in [-0.3, -0.25) is 4.79 Å². The summed E-state index contributed by atoms with van der Waals surface area (Å²) in [5.74, 6) is 0.934. The van der Waals surface area contributed by atoms with Crippen LogP contribution >= 0.6 is 0 Å². The van der Waals surface area contributed by atoms with E-state index in [0.717, 1.165) is 16.8 Å². The molecule has 0 radical (unpaired) electrons. The first-order valence-corrected chi connectivity index (χ1v) is 7.43. The largest absolute Gasteiger partial charge is 0.493 e. The number of hydrogen-bond donors (Lipinski definition) is 1. The number of hydrogen-bond acceptors (Lipinski definition) is 3. The van der Waals surface area contributed by atoms with Crippen LogP contribution in [0, 0.1) is 6.92 Å². The fraction of sp³-hybridized carbons (Fsp3) is 0.211. The third-order valence-corrected chi connectivity index (χ3v) is 3.32. The molecule has 0 aliphatic rings. The molecule has 0 aromatic heterocycles. The molecule has 0 heterocycles. The van der Waals surface area contributed by atoms with Gasteiger partial charge in [-0.2, -0.15) is 0 Å². The van der Waals surface area contributed by atoms with Gasteiger partial charge in [0.15, 0.2) is 18.1 Å². The third kappa shape index (κ3) is 4.61. The Labute approximate surface area is 136 Å². The van der Waals surface area contributed by atoms with E-state index in [-0.39, 0.29) is 12.5 Å². The average molecular weight is 311 g/mol. The molecular formula is C19H21NO3. The van der Waals surface area contributed by atoms with Crippen LogP contribution in [0.5, 0.6) is 11.5 Å². The standard InChI is InChI=1S/C19H21NO3/c1-4-7-15-10-11-17(18(12-15)22-3)23-13-19(21)20-16-9-6-5-8-14(16)2/h4-12H,13H2,1-3H3,(H,20,21)/b7-4+. The van der Waals surface area contributed by atoms with E-state index in [9.17, 15) is 4.79 Å². The lowest BCUT2D eigenvalue weighted by Gasteiger charge is -2.12. The van der Waals surface area contributed by atoms with Crippen LogP contribution < -0.4 is 14.8 Å². The fourth-order valence-corrected chi connectivity index (χ4v) is 2.14. The second-order valence-corrected chi connectivity index (χ2v) is 5.06. The Bertz CT molecular complexity index is 708. The SMILES string of the molecule is C/C=C/c1ccc(OCC(=O)Nc2ccccc2C)c(OC)c1. The van der Waals surface area contributed by atoms with Gasteiger partial charge in [0.2, 0.25) is 0 Å². The Morgan fingerprint density at radius 3 is 2.65 bits per heavy atom. The molecular weight excluding hydrogens is 290 g/mol. The van der Waals surface area contributed by atoms with Gasteiger partial charge in [0.25, 0.3) is 5.91 Å². The van der Waals surface area contributed by atoms with Crippen molar-refractivity contribution in [3.05, 3.63) is 59.7 Å². The molecule has 23 heavy (non-hydrogen) atoms. The molecule has 120 valence electrons. The minimum Gasteiger partial charge on any atom is -0.493 e. The molecule has 4 nitrogen and oxygen atoms in total. The van der Waals surface area contributed by atoms with Gasteiger partial charge < -0.3 is 14.8 Å². The van der Waals surface area contributed by atoms with Crippen molar-refractivity contribution in [2.45, 2.75) is 13.8 Å². The summed E-state index contributed by atoms with van der Waals surface area (Å²) in [7, 11) is 1.58. The van der Waals surface area contributed by atoms with E-state index in [1.807, 2.05) is 62.4 Å². The molecule has 0 atom stereocenters. The second kappa shape index (κ2) is 8.03. The van der Waals surface area contributed by atoms with Crippen LogP contribution in [-0.2, 0) is 4.79 Å². The van der Waals surface area contributed by atoms with Crippen LogP contribution in [-0.4, -0.2) is 19.6 Å². The first-order chi connectivity index (χ1) is 11.1. The molecule has 0 saturated heterocycles. The van der Waals surface area contributed by atoms with Crippen molar-refractivity contribution in [2.24, 2.45) is 0 Å². The van der Waals surface area contributed by atoms with E-state index in [4.69, 9.17) is 9.47 Å². The predicted molar refractivity (Wildman–Crippen MR) is 93.0 cm³/mol. The van der Waals surface area contributed by atoms with E-state index in [0.29, 0.717) is 11.5 Å². The van der Waals surface area contributed by atoms with Crippen molar-refractivity contribution < 1.29 is 14.3 Å². The number of nitrogens with one attached hydrogen (secondary N) is 1. The number of rotatable bonds is 6. The number of para-hydroxylation sites is 1. The van der Waals surface area contributed by atoms with Gasteiger partial charge in [-0.1, -0.05) is 36.4 Å². The highest BCUT2D eigenvalue weighted by molar-refractivity contribution is 5.92. The summed E-state index contributed by atoms with van der Waals surface area (Å²) in [6, 6.07) is 13.2. The number of methoxy groups -OCH3 is 1. The minimum atomic E-state index is -0.209. The van der Waals surface area contributed by atoms with Gasteiger partial charge in [0, 0.05) is 5.69 Å². The van der Waals surface area contributed by atoms with Crippen molar-refractivity contribution in [3.63, 3.8) is 0 Å². The van der Waals surface area contributed by atoms with E-state index in [1.54, 1.807) is 13.2 Å². The van der Waals surface area contributed by atoms with E-state index in [1.165, 1.54) is 0 Å². The molecule has 0 saturated carbocycles. The third-order valence-electron chi connectivity index (χ3n) is 3.32. The molecule has 0 bridgehead atoms. The summed E-state index contributed by atoms with van der Waals surface area (Å²) in [5.41, 5.74) is 2.81. The van der Waals surface area contributed by atoms with E-state index >= 15 is 0 Å². The van der Waals surface area contributed by atoms with Crippen molar-refractivity contribution in [2.75, 3.05) is 19.0 Å². The smallest absolute Gasteiger partial charge is 0.262 e. The van der Waals surface area contributed by atoms with Crippen LogP contribution in [0.3, 0.4) is 0 Å². The van der Waals surface area contributed by atoms with E-state index in [2.05, 4.69) is 5.32 Å². The molecule has 0 fully saturated rings. The lowest BCUT2D eigenvalue weighted by molar-refractivity contribution is -0.118. The maximum atomic E-state index is 12.0. The van der Waals surface area contributed by atoms with Crippen molar-refractivity contribution in [1.29, 1.82) is 0 Å². The summed E-state index contributed by atoms with van der Waals surface area (Å²) < 4.78 is 10.9. The van der Waals surface area contributed by atoms with Gasteiger partial charge in [-0.25, -0.2) is 0 Å². The topological polar surface area (TPSA) is 47.6 Å². The zero-order chi connectivity index (χ0) is 16.7. The first kappa shape index (κ1) is 16.6. The molecule has 2 rings (SSSR count). The number of aryl methyl sites for hydroxylation is 1. The van der Waals surface area contributed by atoms with Crippen molar-refractivity contribution in [3.8, 4) is 11.5 Å². The first-order valence-electron chi connectivity index (χ1n) is 7.43. The number of carbonyl (C=O) groups is 1. The Morgan fingerprint density at radius 2 is 1.96 bits per heavy atom. The van der Waals surface area contributed by atoms with Gasteiger partial charge in [0.1, 0.15) is 0 Å². The summed E-state index contributed by atoms with van der Waals surface area (Å²) in [4.78, 5) is 12.0. The lowest BCUT2D eigenvalue weighted by Crippen LogP contribution is -2.20. The van der Waals surface area contributed by atoms with Crippen molar-refractivity contribution >= 4 is 17.7 Å². The van der Waals surface area contributed by atoms with Crippen LogP contribution in [0.15, 0.2) is 48.5 Å². The maximum absolute atomic E-state index is 12.0. The molecule has 0 aliphatic heterocycles. The second-order valence-electron chi connectivity index (χ2n) is 5.06. The molecule has 4 heteroatoms. The van der Waals surface area contributed by atoms with Crippen LogP contribution in [0.25, 0.3) is 6.08 Å². The molecule has 1 N–H and O–H groups in total. The van der Waals surface area contributed by atoms with Crippen LogP contribution in [0.2, 0.25) is 0 Å². The summed E-state index contributed by atoms with van der Waals surface area (Å²) in [6.45, 7) is 3.82. The highest BCUT2D eigenvalue weighted by Gasteiger charge is 2.09. The Hall–Kier alpha value is -2.75. The average Bonchev–Trinajstić information content (AvgIpc) is 2.56. The van der Waals surface area contributed by atoms with Gasteiger partial charge >= 0.3 is 0 Å². The highest BCUT2D eigenvalue weighted by atomic mass is 16.5. The molecule has 0 spiro atoms. The fourth-order valence-electron chi connectivity index (χ4n) is 2.14. The van der Waals surface area contributed by atoms with Gasteiger partial charge in [-0.15, -0.1) is 0 Å². The number of carbonyl (C=O) groups excluding carboxylic acids is 1. The normalized spacial score (nSPS) is 10.6. The number of amides is 1. The highest BCUT2D eigenvalue weighted by Crippen LogP contribution is 2.28. The summed E-state index contributed by atoms with van der Waals surface area (Å²) in [6.07, 6.45) is 3.92. The Kier molecular flexibility index (Phi) is 5.80. The molecule has 1 amide bonds. The Morgan fingerprint density at radius 1 is 1.17 bits per heavy atom. The van der Waals surface area contributed by atoms with Gasteiger partial charge in [0.05, 0.1) is 7.11 Å². The zero-order valence-electron chi connectivity index (χ0n) is 13.6. The minimum absolute atomic E-state index is 0.0757. The number of benzene rings is 2. The van der Waals surface area contributed by atoms with Crippen LogP contribution in [0.1, 0.15) is 18.1 Å². The number of anilines is 1. The number of ether oxygens (including phenoxy) is 2. The zero-order valence-corrected chi connectivity index (χ0v) is 13.6. The number of allylic oxidation sites excluding steroid dienone is 1. The molecule has 0 aliphatic carbocycles. The molecule has 0 unspecified atom stereocenters.